The van der Waals surface area contributed by atoms with Crippen molar-refractivity contribution in [3.8, 4) is 0 Å². The zero-order valence-corrected chi connectivity index (χ0v) is 10.1. The molecular weight excluding hydrogens is 293 g/mol. The van der Waals surface area contributed by atoms with Crippen molar-refractivity contribution in [3.05, 3.63) is 33.4 Å². The molecule has 2 atom stereocenters. The van der Waals surface area contributed by atoms with Crippen molar-refractivity contribution >= 4 is 22.6 Å². The van der Waals surface area contributed by atoms with Crippen molar-refractivity contribution in [1.82, 2.24) is 5.32 Å². The highest BCUT2D eigenvalue weighted by molar-refractivity contribution is 14.1. The average Bonchev–Trinajstić information content (AvgIpc) is 2.18. The number of likely N-dealkylation sites (N-methyl/N-ethyl adjacent to an activating group) is 1. The molecule has 4 heteroatoms. The van der Waals surface area contributed by atoms with Crippen LogP contribution >= 0.6 is 22.6 Å². The van der Waals surface area contributed by atoms with E-state index in [9.17, 15) is 10.2 Å². The summed E-state index contributed by atoms with van der Waals surface area (Å²) in [5, 5.41) is 22.2. The van der Waals surface area contributed by atoms with Crippen molar-refractivity contribution in [2.45, 2.75) is 12.2 Å². The first kappa shape index (κ1) is 11.9. The van der Waals surface area contributed by atoms with Crippen molar-refractivity contribution in [3.63, 3.8) is 0 Å². The van der Waals surface area contributed by atoms with Gasteiger partial charge < -0.3 is 15.5 Å². The van der Waals surface area contributed by atoms with E-state index in [0.717, 1.165) is 9.13 Å². The van der Waals surface area contributed by atoms with E-state index in [-0.39, 0.29) is 0 Å². The number of benzene rings is 1. The molecule has 0 aliphatic rings. The highest BCUT2D eigenvalue weighted by atomic mass is 127. The van der Waals surface area contributed by atoms with Gasteiger partial charge in [-0.2, -0.15) is 0 Å². The maximum absolute atomic E-state index is 9.81. The van der Waals surface area contributed by atoms with E-state index >= 15 is 0 Å². The summed E-state index contributed by atoms with van der Waals surface area (Å²) >= 11 is 2.15. The highest BCUT2D eigenvalue weighted by Crippen LogP contribution is 2.22. The number of nitrogens with one attached hydrogen (secondary N) is 1. The van der Waals surface area contributed by atoms with E-state index in [4.69, 9.17) is 0 Å². The molecule has 0 fully saturated rings. The summed E-state index contributed by atoms with van der Waals surface area (Å²) in [6, 6.07) is 7.49. The van der Waals surface area contributed by atoms with E-state index in [2.05, 4.69) is 27.9 Å². The van der Waals surface area contributed by atoms with Gasteiger partial charge in [-0.15, -0.1) is 0 Å². The van der Waals surface area contributed by atoms with E-state index in [0.29, 0.717) is 6.54 Å². The predicted octanol–water partition coefficient (Wildman–Crippen LogP) is 0.905. The summed E-state index contributed by atoms with van der Waals surface area (Å²) in [7, 11) is 1.74. The minimum absolute atomic E-state index is 0.381. The molecule has 0 aromatic heterocycles. The van der Waals surface area contributed by atoms with Gasteiger partial charge in [0.05, 0.1) is 6.10 Å². The van der Waals surface area contributed by atoms with Crippen LogP contribution in [-0.4, -0.2) is 29.9 Å². The van der Waals surface area contributed by atoms with Crippen LogP contribution in [0.2, 0.25) is 0 Å². The maximum atomic E-state index is 9.81. The Kier molecular flexibility index (Phi) is 4.80. The summed E-state index contributed by atoms with van der Waals surface area (Å²) in [5.74, 6) is 0. The third-order valence-corrected chi connectivity index (χ3v) is 2.98. The summed E-state index contributed by atoms with van der Waals surface area (Å²) in [4.78, 5) is 0. The van der Waals surface area contributed by atoms with Crippen molar-refractivity contribution in [1.29, 1.82) is 0 Å². The van der Waals surface area contributed by atoms with Crippen LogP contribution < -0.4 is 5.32 Å². The third kappa shape index (κ3) is 2.91. The molecule has 14 heavy (non-hydrogen) atoms. The maximum Gasteiger partial charge on any atom is 0.107 e. The van der Waals surface area contributed by atoms with Crippen molar-refractivity contribution in [2.24, 2.45) is 0 Å². The van der Waals surface area contributed by atoms with Crippen LogP contribution in [0.3, 0.4) is 0 Å². The summed E-state index contributed by atoms with van der Waals surface area (Å²) in [6.07, 6.45) is -1.59. The molecule has 3 N–H and O–H groups in total. The highest BCUT2D eigenvalue weighted by Gasteiger charge is 2.19. The quantitative estimate of drug-likeness (QED) is 0.725. The molecule has 2 unspecified atom stereocenters. The average molecular weight is 307 g/mol. The van der Waals surface area contributed by atoms with Gasteiger partial charge >= 0.3 is 0 Å². The van der Waals surface area contributed by atoms with Crippen LogP contribution in [0.1, 0.15) is 11.7 Å². The van der Waals surface area contributed by atoms with Gasteiger partial charge in [0.1, 0.15) is 6.10 Å². The lowest BCUT2D eigenvalue weighted by molar-refractivity contribution is 0.0197. The molecule has 1 aromatic carbocycles. The standard InChI is InChI=1S/C10H14INO2/c1-12-6-9(13)10(14)7-4-2-3-5-8(7)11/h2-5,9-10,12-14H,6H2,1H3. The third-order valence-electron chi connectivity index (χ3n) is 2.00. The SMILES string of the molecule is CNCC(O)C(O)c1ccccc1I. The fraction of sp³-hybridized carbons (Fsp3) is 0.400. The lowest BCUT2D eigenvalue weighted by atomic mass is 10.0. The molecule has 78 valence electrons. The molecule has 1 aromatic rings. The summed E-state index contributed by atoms with van der Waals surface area (Å²) < 4.78 is 0.966. The van der Waals surface area contributed by atoms with Crippen LogP contribution in [0, 0.1) is 3.57 Å². The van der Waals surface area contributed by atoms with Crippen LogP contribution in [-0.2, 0) is 0 Å². The van der Waals surface area contributed by atoms with Gasteiger partial charge in [0.15, 0.2) is 0 Å². The minimum Gasteiger partial charge on any atom is -0.389 e. The summed E-state index contributed by atoms with van der Waals surface area (Å²) in [5.41, 5.74) is 0.774. The molecule has 0 aliphatic heterocycles. The number of hydrogen-bond acceptors (Lipinski definition) is 3. The Morgan fingerprint density at radius 3 is 2.57 bits per heavy atom. The Labute approximate surface area is 97.3 Å². The van der Waals surface area contributed by atoms with E-state index in [1.807, 2.05) is 24.3 Å². The second kappa shape index (κ2) is 5.65. The predicted molar refractivity (Wildman–Crippen MR) is 64.1 cm³/mol. The molecule has 0 spiro atoms. The van der Waals surface area contributed by atoms with Gasteiger partial charge in [0.25, 0.3) is 0 Å². The fourth-order valence-corrected chi connectivity index (χ4v) is 1.95. The zero-order chi connectivity index (χ0) is 10.6. The lowest BCUT2D eigenvalue weighted by Crippen LogP contribution is -2.29. The van der Waals surface area contributed by atoms with Gasteiger partial charge in [0.2, 0.25) is 0 Å². The number of halogens is 1. The lowest BCUT2D eigenvalue weighted by Gasteiger charge is -2.18. The molecule has 0 bridgehead atoms. The second-order valence-electron chi connectivity index (χ2n) is 3.09. The Balaban J connectivity index is 2.78. The number of rotatable bonds is 4. The second-order valence-corrected chi connectivity index (χ2v) is 4.25. The summed E-state index contributed by atoms with van der Waals surface area (Å²) in [6.45, 7) is 0.381. The van der Waals surface area contributed by atoms with Crippen LogP contribution in [0.25, 0.3) is 0 Å². The van der Waals surface area contributed by atoms with Gasteiger partial charge in [0, 0.05) is 10.1 Å². The Morgan fingerprint density at radius 1 is 1.36 bits per heavy atom. The molecule has 0 saturated heterocycles. The molecule has 0 heterocycles. The largest absolute Gasteiger partial charge is 0.389 e. The van der Waals surface area contributed by atoms with E-state index in [1.54, 1.807) is 7.05 Å². The van der Waals surface area contributed by atoms with Gasteiger partial charge in [-0.1, -0.05) is 18.2 Å². The van der Waals surface area contributed by atoms with Crippen molar-refractivity contribution < 1.29 is 10.2 Å². The smallest absolute Gasteiger partial charge is 0.107 e. The Morgan fingerprint density at radius 2 is 2.00 bits per heavy atom. The first-order valence-electron chi connectivity index (χ1n) is 4.42. The van der Waals surface area contributed by atoms with E-state index in [1.165, 1.54) is 0 Å². The fourth-order valence-electron chi connectivity index (χ4n) is 1.24. The monoisotopic (exact) mass is 307 g/mol. The number of hydrogen-bond donors (Lipinski definition) is 3. The van der Waals surface area contributed by atoms with Crippen molar-refractivity contribution in [2.75, 3.05) is 13.6 Å². The van der Waals surface area contributed by atoms with Crippen LogP contribution in [0.5, 0.6) is 0 Å². The van der Waals surface area contributed by atoms with Gasteiger partial charge in [-0.3, -0.25) is 0 Å². The topological polar surface area (TPSA) is 52.5 Å². The number of aliphatic hydroxyl groups is 2. The molecule has 1 rings (SSSR count). The van der Waals surface area contributed by atoms with E-state index < -0.39 is 12.2 Å². The first-order valence-corrected chi connectivity index (χ1v) is 5.50. The van der Waals surface area contributed by atoms with Crippen LogP contribution in [0.15, 0.2) is 24.3 Å². The first-order chi connectivity index (χ1) is 6.66. The van der Waals surface area contributed by atoms with Crippen LogP contribution in [0.4, 0.5) is 0 Å². The molecule has 0 radical (unpaired) electrons. The molecule has 0 saturated carbocycles. The molecule has 0 amide bonds. The normalized spacial score (nSPS) is 15.1. The minimum atomic E-state index is -0.824. The van der Waals surface area contributed by atoms with Gasteiger partial charge in [-0.25, -0.2) is 0 Å². The number of aliphatic hydroxyl groups excluding tert-OH is 2. The molecular formula is C10H14INO2. The Bertz CT molecular complexity index is 293. The molecule has 0 aliphatic carbocycles. The zero-order valence-electron chi connectivity index (χ0n) is 7.94. The molecule has 3 nitrogen and oxygen atoms in total. The Hall–Kier alpha value is -0.170. The van der Waals surface area contributed by atoms with Gasteiger partial charge in [-0.05, 0) is 41.3 Å².